The molecule has 0 aliphatic carbocycles. The molecule has 0 spiro atoms. The highest BCUT2D eigenvalue weighted by Gasteiger charge is 2.31. The number of piperidine rings is 1. The molecular weight excluding hydrogens is 356 g/mol. The zero-order valence-electron chi connectivity index (χ0n) is 15.9. The van der Waals surface area contributed by atoms with Crippen molar-refractivity contribution in [2.24, 2.45) is 0 Å². The van der Waals surface area contributed by atoms with Crippen LogP contribution in [0.3, 0.4) is 0 Å². The van der Waals surface area contributed by atoms with Crippen LogP contribution >= 0.6 is 0 Å². The fourth-order valence-corrected chi connectivity index (χ4v) is 3.75. The van der Waals surface area contributed by atoms with Crippen molar-refractivity contribution in [3.63, 3.8) is 0 Å². The lowest BCUT2D eigenvalue weighted by molar-refractivity contribution is -0.383. The third-order valence-electron chi connectivity index (χ3n) is 5.18. The van der Waals surface area contributed by atoms with Crippen LogP contribution in [0.4, 0.5) is 23.0 Å². The third-order valence-corrected chi connectivity index (χ3v) is 5.18. The summed E-state index contributed by atoms with van der Waals surface area (Å²) in [7, 11) is 0. The molecule has 2 aromatic heterocycles. The molecule has 8 heteroatoms. The van der Waals surface area contributed by atoms with E-state index in [1.54, 1.807) is 0 Å². The maximum atomic E-state index is 11.9. The van der Waals surface area contributed by atoms with Gasteiger partial charge < -0.3 is 10.2 Å². The Morgan fingerprint density at radius 1 is 1.21 bits per heavy atom. The van der Waals surface area contributed by atoms with Gasteiger partial charge in [-0.15, -0.1) is 0 Å². The van der Waals surface area contributed by atoms with E-state index >= 15 is 0 Å². The molecule has 1 aromatic carbocycles. The average molecular weight is 378 g/mol. The maximum Gasteiger partial charge on any atom is 0.353 e. The summed E-state index contributed by atoms with van der Waals surface area (Å²) in [6, 6.07) is 9.75. The second-order valence-electron chi connectivity index (χ2n) is 7.14. The van der Waals surface area contributed by atoms with Gasteiger partial charge in [-0.25, -0.2) is 9.97 Å². The molecule has 1 atom stereocenters. The Hall–Kier alpha value is -3.29. The number of nitrogens with zero attached hydrogens (tertiary/aromatic N) is 5. The standard InChI is InChI=1S/C20H22N6O2/c1-13-9-10-15-16(23-13)7-5-8-17(15)24-19-18(26(27)28)20(22-12-21-19)25-11-4-3-6-14(25)2/h5,7-10,12,14H,3-4,6,11H2,1-2H3,(H,21,22,24). The second kappa shape index (κ2) is 7.38. The van der Waals surface area contributed by atoms with E-state index in [1.807, 2.05) is 42.2 Å². The van der Waals surface area contributed by atoms with Crippen molar-refractivity contribution >= 4 is 33.9 Å². The van der Waals surface area contributed by atoms with Crippen molar-refractivity contribution in [2.45, 2.75) is 39.2 Å². The molecule has 3 heterocycles. The van der Waals surface area contributed by atoms with Gasteiger partial charge in [0, 0.05) is 29.4 Å². The first-order chi connectivity index (χ1) is 13.5. The van der Waals surface area contributed by atoms with E-state index in [0.717, 1.165) is 48.1 Å². The van der Waals surface area contributed by atoms with E-state index in [9.17, 15) is 10.1 Å². The number of aryl methyl sites for hydroxylation is 1. The van der Waals surface area contributed by atoms with Gasteiger partial charge >= 0.3 is 5.69 Å². The van der Waals surface area contributed by atoms with Gasteiger partial charge in [-0.3, -0.25) is 15.1 Å². The highest BCUT2D eigenvalue weighted by atomic mass is 16.6. The Kier molecular flexibility index (Phi) is 4.77. The van der Waals surface area contributed by atoms with E-state index in [0.29, 0.717) is 5.82 Å². The fourth-order valence-electron chi connectivity index (χ4n) is 3.75. The fraction of sp³-hybridized carbons (Fsp3) is 0.350. The molecule has 0 amide bonds. The molecule has 4 rings (SSSR count). The molecule has 1 unspecified atom stereocenters. The number of anilines is 3. The molecule has 1 aliphatic rings. The summed E-state index contributed by atoms with van der Waals surface area (Å²) in [5.74, 6) is 0.574. The van der Waals surface area contributed by atoms with Crippen molar-refractivity contribution < 1.29 is 4.92 Å². The van der Waals surface area contributed by atoms with Crippen LogP contribution in [0, 0.1) is 17.0 Å². The summed E-state index contributed by atoms with van der Waals surface area (Å²) < 4.78 is 0. The molecule has 28 heavy (non-hydrogen) atoms. The number of fused-ring (bicyclic) bond motifs is 1. The quantitative estimate of drug-likeness (QED) is 0.532. The number of pyridine rings is 1. The van der Waals surface area contributed by atoms with Crippen molar-refractivity contribution in [1.82, 2.24) is 15.0 Å². The van der Waals surface area contributed by atoms with Gasteiger partial charge in [0.2, 0.25) is 11.6 Å². The molecule has 1 fully saturated rings. The Morgan fingerprint density at radius 2 is 2.07 bits per heavy atom. The summed E-state index contributed by atoms with van der Waals surface area (Å²) in [6.45, 7) is 4.77. The molecule has 1 aliphatic heterocycles. The smallest absolute Gasteiger partial charge is 0.348 e. The van der Waals surface area contributed by atoms with Crippen molar-refractivity contribution in [3.8, 4) is 0 Å². The summed E-state index contributed by atoms with van der Waals surface area (Å²) in [6.07, 6.45) is 4.52. The normalized spacial score (nSPS) is 16.9. The first-order valence-corrected chi connectivity index (χ1v) is 9.44. The Labute approximate surface area is 162 Å². The minimum Gasteiger partial charge on any atom is -0.348 e. The zero-order chi connectivity index (χ0) is 19.7. The number of rotatable bonds is 4. The summed E-state index contributed by atoms with van der Waals surface area (Å²) in [5.41, 5.74) is 2.38. The maximum absolute atomic E-state index is 11.9. The van der Waals surface area contributed by atoms with Gasteiger partial charge in [-0.05, 0) is 57.4 Å². The predicted molar refractivity (Wildman–Crippen MR) is 109 cm³/mol. The van der Waals surface area contributed by atoms with Crippen molar-refractivity contribution in [3.05, 3.63) is 52.5 Å². The van der Waals surface area contributed by atoms with Gasteiger partial charge in [0.05, 0.1) is 10.4 Å². The van der Waals surface area contributed by atoms with Gasteiger partial charge in [0.15, 0.2) is 0 Å². The number of aromatic nitrogens is 3. The van der Waals surface area contributed by atoms with E-state index in [1.165, 1.54) is 6.33 Å². The molecule has 0 saturated carbocycles. The van der Waals surface area contributed by atoms with Gasteiger partial charge in [0.1, 0.15) is 6.33 Å². The Balaban J connectivity index is 1.78. The minimum atomic E-state index is -0.396. The van der Waals surface area contributed by atoms with Crippen LogP contribution in [0.25, 0.3) is 10.9 Å². The lowest BCUT2D eigenvalue weighted by atomic mass is 10.0. The lowest BCUT2D eigenvalue weighted by Gasteiger charge is -2.33. The molecule has 0 radical (unpaired) electrons. The van der Waals surface area contributed by atoms with Crippen molar-refractivity contribution in [1.29, 1.82) is 0 Å². The first-order valence-electron chi connectivity index (χ1n) is 9.44. The van der Waals surface area contributed by atoms with E-state index in [2.05, 4.69) is 27.2 Å². The largest absolute Gasteiger partial charge is 0.353 e. The van der Waals surface area contributed by atoms with Gasteiger partial charge in [-0.2, -0.15) is 0 Å². The summed E-state index contributed by atoms with van der Waals surface area (Å²) >= 11 is 0. The van der Waals surface area contributed by atoms with Gasteiger partial charge in [-0.1, -0.05) is 6.07 Å². The van der Waals surface area contributed by atoms with Crippen LogP contribution in [-0.4, -0.2) is 32.5 Å². The SMILES string of the molecule is Cc1ccc2c(Nc3ncnc(N4CCCCC4C)c3[N+](=O)[O-])cccc2n1. The minimum absolute atomic E-state index is 0.0895. The summed E-state index contributed by atoms with van der Waals surface area (Å²) in [4.78, 5) is 26.5. The highest BCUT2D eigenvalue weighted by Crippen LogP contribution is 2.37. The predicted octanol–water partition coefficient (Wildman–Crippen LogP) is 4.36. The Morgan fingerprint density at radius 3 is 2.86 bits per heavy atom. The second-order valence-corrected chi connectivity index (χ2v) is 7.14. The van der Waals surface area contributed by atoms with Crippen molar-refractivity contribution in [2.75, 3.05) is 16.8 Å². The lowest BCUT2D eigenvalue weighted by Crippen LogP contribution is -2.38. The van der Waals surface area contributed by atoms with E-state index in [4.69, 9.17) is 0 Å². The topological polar surface area (TPSA) is 97.1 Å². The molecule has 0 bridgehead atoms. The zero-order valence-corrected chi connectivity index (χ0v) is 15.9. The first kappa shape index (κ1) is 18.1. The van der Waals surface area contributed by atoms with Gasteiger partial charge in [0.25, 0.3) is 0 Å². The molecule has 1 N–H and O–H groups in total. The number of nitro groups is 1. The molecule has 1 saturated heterocycles. The van der Waals surface area contributed by atoms with Crippen LogP contribution in [0.2, 0.25) is 0 Å². The van der Waals surface area contributed by atoms with Crippen LogP contribution in [0.1, 0.15) is 31.9 Å². The van der Waals surface area contributed by atoms with Crippen LogP contribution in [-0.2, 0) is 0 Å². The molecule has 144 valence electrons. The number of hydrogen-bond donors (Lipinski definition) is 1. The molecule has 8 nitrogen and oxygen atoms in total. The van der Waals surface area contributed by atoms with Crippen LogP contribution in [0.5, 0.6) is 0 Å². The number of nitrogens with one attached hydrogen (secondary N) is 1. The molecule has 3 aromatic rings. The third kappa shape index (κ3) is 3.33. The van der Waals surface area contributed by atoms with E-state index in [-0.39, 0.29) is 17.5 Å². The van der Waals surface area contributed by atoms with E-state index < -0.39 is 4.92 Å². The number of hydrogen-bond acceptors (Lipinski definition) is 7. The Bertz CT molecular complexity index is 1040. The molecular formula is C20H22N6O2. The monoisotopic (exact) mass is 378 g/mol. The van der Waals surface area contributed by atoms with Crippen LogP contribution < -0.4 is 10.2 Å². The van der Waals surface area contributed by atoms with Crippen LogP contribution in [0.15, 0.2) is 36.7 Å². The highest BCUT2D eigenvalue weighted by molar-refractivity contribution is 5.94. The number of benzene rings is 1. The summed E-state index contributed by atoms with van der Waals surface area (Å²) in [5, 5.41) is 16.0. The average Bonchev–Trinajstić information content (AvgIpc) is 2.68.